The van der Waals surface area contributed by atoms with Crippen molar-refractivity contribution in [3.05, 3.63) is 55.0 Å². The smallest absolute Gasteiger partial charge is 0.0149 e. The molecule has 0 nitrogen and oxygen atoms in total. The number of benzene rings is 2. The lowest BCUT2D eigenvalue weighted by Crippen LogP contribution is -1.94. The summed E-state index contributed by atoms with van der Waals surface area (Å²) in [5.74, 6) is 0.632. The SMILES string of the molecule is [CH2]CCCC(C)c1cccc2ccccc12. The number of fused-ring (bicyclic) bond motifs is 1. The van der Waals surface area contributed by atoms with Crippen molar-refractivity contribution in [2.24, 2.45) is 0 Å². The molecule has 0 amide bonds. The second kappa shape index (κ2) is 5.16. The van der Waals surface area contributed by atoms with Crippen LogP contribution in [-0.4, -0.2) is 0 Å². The molecule has 0 N–H and O–H groups in total. The highest BCUT2D eigenvalue weighted by atomic mass is 14.1. The zero-order valence-electron chi connectivity index (χ0n) is 9.95. The molecule has 0 bridgehead atoms. The van der Waals surface area contributed by atoms with Gasteiger partial charge in [-0.05, 0) is 28.7 Å². The van der Waals surface area contributed by atoms with E-state index >= 15 is 0 Å². The van der Waals surface area contributed by atoms with Gasteiger partial charge in [-0.1, -0.05) is 69.2 Å². The molecule has 0 saturated heterocycles. The summed E-state index contributed by atoms with van der Waals surface area (Å²) in [4.78, 5) is 0. The van der Waals surface area contributed by atoms with Crippen LogP contribution in [0.25, 0.3) is 10.8 Å². The van der Waals surface area contributed by atoms with Crippen LogP contribution in [0.3, 0.4) is 0 Å². The summed E-state index contributed by atoms with van der Waals surface area (Å²) < 4.78 is 0. The van der Waals surface area contributed by atoms with E-state index in [2.05, 4.69) is 56.3 Å². The molecule has 1 unspecified atom stereocenters. The van der Waals surface area contributed by atoms with Gasteiger partial charge in [0.2, 0.25) is 0 Å². The summed E-state index contributed by atoms with van der Waals surface area (Å²) in [7, 11) is 0. The Morgan fingerprint density at radius 2 is 1.81 bits per heavy atom. The van der Waals surface area contributed by atoms with Gasteiger partial charge >= 0.3 is 0 Å². The number of rotatable bonds is 4. The molecule has 0 fully saturated rings. The Balaban J connectivity index is 2.36. The van der Waals surface area contributed by atoms with Gasteiger partial charge in [0.25, 0.3) is 0 Å². The monoisotopic (exact) mass is 211 g/mol. The zero-order valence-corrected chi connectivity index (χ0v) is 9.95. The Labute approximate surface area is 98.3 Å². The van der Waals surface area contributed by atoms with Gasteiger partial charge in [0.15, 0.2) is 0 Å². The highest BCUT2D eigenvalue weighted by Gasteiger charge is 2.07. The maximum Gasteiger partial charge on any atom is -0.0149 e. The van der Waals surface area contributed by atoms with Crippen molar-refractivity contribution in [1.82, 2.24) is 0 Å². The highest BCUT2D eigenvalue weighted by molar-refractivity contribution is 5.86. The normalized spacial score (nSPS) is 12.9. The number of hydrogen-bond donors (Lipinski definition) is 0. The lowest BCUT2D eigenvalue weighted by atomic mass is 9.91. The van der Waals surface area contributed by atoms with Crippen molar-refractivity contribution < 1.29 is 0 Å². The van der Waals surface area contributed by atoms with E-state index in [-0.39, 0.29) is 0 Å². The lowest BCUT2D eigenvalue weighted by Gasteiger charge is -2.14. The predicted octanol–water partition coefficient (Wildman–Crippen LogP) is 4.95. The van der Waals surface area contributed by atoms with E-state index in [9.17, 15) is 0 Å². The van der Waals surface area contributed by atoms with Crippen molar-refractivity contribution in [2.75, 3.05) is 0 Å². The lowest BCUT2D eigenvalue weighted by molar-refractivity contribution is 0.643. The Morgan fingerprint density at radius 1 is 1.06 bits per heavy atom. The van der Waals surface area contributed by atoms with Gasteiger partial charge in [-0.15, -0.1) is 0 Å². The topological polar surface area (TPSA) is 0 Å². The van der Waals surface area contributed by atoms with Crippen LogP contribution < -0.4 is 0 Å². The first kappa shape index (κ1) is 11.2. The maximum atomic E-state index is 3.91. The average Bonchev–Trinajstić information content (AvgIpc) is 2.35. The van der Waals surface area contributed by atoms with Gasteiger partial charge < -0.3 is 0 Å². The minimum absolute atomic E-state index is 0.632. The second-order valence-electron chi connectivity index (χ2n) is 4.47. The molecule has 0 aliphatic carbocycles. The molecule has 0 saturated carbocycles. The van der Waals surface area contributed by atoms with E-state index in [1.165, 1.54) is 29.2 Å². The van der Waals surface area contributed by atoms with Crippen molar-refractivity contribution >= 4 is 10.8 Å². The van der Waals surface area contributed by atoms with E-state index in [1.54, 1.807) is 0 Å². The van der Waals surface area contributed by atoms with E-state index < -0.39 is 0 Å². The van der Waals surface area contributed by atoms with E-state index in [0.29, 0.717) is 5.92 Å². The molecule has 2 aromatic rings. The molecule has 0 aliphatic heterocycles. The third-order valence-electron chi connectivity index (χ3n) is 3.24. The molecule has 0 spiro atoms. The highest BCUT2D eigenvalue weighted by Crippen LogP contribution is 2.28. The third-order valence-corrected chi connectivity index (χ3v) is 3.24. The summed E-state index contributed by atoms with van der Waals surface area (Å²) in [6.45, 7) is 6.23. The minimum atomic E-state index is 0.632. The van der Waals surface area contributed by atoms with Crippen LogP contribution >= 0.6 is 0 Å². The van der Waals surface area contributed by atoms with Gasteiger partial charge in [-0.25, -0.2) is 0 Å². The molecule has 1 radical (unpaired) electrons. The minimum Gasteiger partial charge on any atom is -0.0616 e. The summed E-state index contributed by atoms with van der Waals surface area (Å²) in [6.07, 6.45) is 3.48. The molecular weight excluding hydrogens is 192 g/mol. The van der Waals surface area contributed by atoms with Crippen LogP contribution in [0.15, 0.2) is 42.5 Å². The second-order valence-corrected chi connectivity index (χ2v) is 4.47. The Bertz CT molecular complexity index is 451. The summed E-state index contributed by atoms with van der Waals surface area (Å²) in [5, 5.41) is 2.75. The van der Waals surface area contributed by atoms with Crippen LogP contribution in [0.4, 0.5) is 0 Å². The first-order valence-electron chi connectivity index (χ1n) is 6.10. The fourth-order valence-corrected chi connectivity index (χ4v) is 2.29. The summed E-state index contributed by atoms with van der Waals surface area (Å²) in [6, 6.07) is 15.3. The van der Waals surface area contributed by atoms with Crippen molar-refractivity contribution in [3.63, 3.8) is 0 Å². The van der Waals surface area contributed by atoms with Gasteiger partial charge in [0, 0.05) is 0 Å². The Morgan fingerprint density at radius 3 is 2.62 bits per heavy atom. The first-order valence-corrected chi connectivity index (χ1v) is 6.10. The van der Waals surface area contributed by atoms with E-state index in [1.807, 2.05) is 0 Å². The molecule has 0 heterocycles. The van der Waals surface area contributed by atoms with Gasteiger partial charge in [-0.3, -0.25) is 0 Å². The van der Waals surface area contributed by atoms with E-state index in [0.717, 1.165) is 6.42 Å². The van der Waals surface area contributed by atoms with Crippen LogP contribution in [0.2, 0.25) is 0 Å². The molecule has 2 rings (SSSR count). The summed E-state index contributed by atoms with van der Waals surface area (Å²) >= 11 is 0. The van der Waals surface area contributed by atoms with Crippen LogP contribution in [-0.2, 0) is 0 Å². The van der Waals surface area contributed by atoms with Gasteiger partial charge in [0.05, 0.1) is 0 Å². The third kappa shape index (κ3) is 2.27. The molecule has 16 heavy (non-hydrogen) atoms. The van der Waals surface area contributed by atoms with Gasteiger partial charge in [0.1, 0.15) is 0 Å². The fourth-order valence-electron chi connectivity index (χ4n) is 2.29. The van der Waals surface area contributed by atoms with Crippen LogP contribution in [0.1, 0.15) is 37.7 Å². The molecule has 0 aromatic heterocycles. The first-order chi connectivity index (χ1) is 7.83. The fraction of sp³-hybridized carbons (Fsp3) is 0.312. The largest absolute Gasteiger partial charge is 0.0616 e. The maximum absolute atomic E-state index is 3.91. The molecule has 1 atom stereocenters. The predicted molar refractivity (Wildman–Crippen MR) is 71.6 cm³/mol. The van der Waals surface area contributed by atoms with Gasteiger partial charge in [-0.2, -0.15) is 0 Å². The number of unbranched alkanes of at least 4 members (excludes halogenated alkanes) is 1. The van der Waals surface area contributed by atoms with E-state index in [4.69, 9.17) is 0 Å². The van der Waals surface area contributed by atoms with Crippen molar-refractivity contribution in [1.29, 1.82) is 0 Å². The molecule has 0 aliphatic rings. The van der Waals surface area contributed by atoms with Crippen molar-refractivity contribution in [3.8, 4) is 0 Å². The Kier molecular flexibility index (Phi) is 3.61. The molecule has 83 valence electrons. The molecule has 0 heteroatoms. The van der Waals surface area contributed by atoms with Crippen LogP contribution in [0.5, 0.6) is 0 Å². The Hall–Kier alpha value is -1.30. The quantitative estimate of drug-likeness (QED) is 0.671. The number of hydrogen-bond acceptors (Lipinski definition) is 0. The zero-order chi connectivity index (χ0) is 11.4. The van der Waals surface area contributed by atoms with Crippen molar-refractivity contribution in [2.45, 2.75) is 32.1 Å². The molecular formula is C16H19. The van der Waals surface area contributed by atoms with Crippen LogP contribution in [0, 0.1) is 6.92 Å². The summed E-state index contributed by atoms with van der Waals surface area (Å²) in [5.41, 5.74) is 1.48. The molecule has 2 aromatic carbocycles. The standard InChI is InChI=1S/C16H19/c1-3-4-8-13(2)15-12-7-10-14-9-5-6-11-16(14)15/h5-7,9-13H,1,3-4,8H2,2H3. The average molecular weight is 211 g/mol.